The fraction of sp³-hybridized carbons (Fsp3) is 0.231. The highest BCUT2D eigenvalue weighted by atomic mass is 32.2. The normalized spacial score (nSPS) is 12.3. The fourth-order valence-corrected chi connectivity index (χ4v) is 4.71. The van der Waals surface area contributed by atoms with E-state index in [0.717, 1.165) is 15.9 Å². The monoisotopic (exact) mass is 481 g/mol. The summed E-state index contributed by atoms with van der Waals surface area (Å²) in [6, 6.07) is 20.8. The zero-order valence-electron chi connectivity index (χ0n) is 19.6. The zero-order valence-corrected chi connectivity index (χ0v) is 20.4. The van der Waals surface area contributed by atoms with Crippen molar-refractivity contribution in [1.29, 1.82) is 0 Å². The van der Waals surface area contributed by atoms with Crippen molar-refractivity contribution in [3.63, 3.8) is 0 Å². The van der Waals surface area contributed by atoms with Crippen LogP contribution < -0.4 is 9.73 Å². The van der Waals surface area contributed by atoms with Gasteiger partial charge in [-0.2, -0.15) is 5.10 Å². The second kappa shape index (κ2) is 10.2. The number of carbonyl (C=O) groups is 1. The molecule has 0 saturated heterocycles. The van der Waals surface area contributed by atoms with Gasteiger partial charge in [0.1, 0.15) is 12.4 Å². The molecule has 0 aliphatic heterocycles. The predicted molar refractivity (Wildman–Crippen MR) is 133 cm³/mol. The highest BCUT2D eigenvalue weighted by molar-refractivity contribution is 7.92. The van der Waals surface area contributed by atoms with Gasteiger partial charge in [-0.15, -0.1) is 0 Å². The van der Waals surface area contributed by atoms with Gasteiger partial charge in [0, 0.05) is 0 Å². The van der Waals surface area contributed by atoms with Gasteiger partial charge in [0.05, 0.1) is 16.3 Å². The zero-order chi connectivity index (χ0) is 24.9. The first-order chi connectivity index (χ1) is 16.0. The Labute approximate surface area is 200 Å². The van der Waals surface area contributed by atoms with Gasteiger partial charge in [-0.3, -0.25) is 9.10 Å². The van der Waals surface area contributed by atoms with Gasteiger partial charge >= 0.3 is 0 Å². The van der Waals surface area contributed by atoms with Crippen LogP contribution >= 0.6 is 0 Å². The number of sulfonamides is 1. The van der Waals surface area contributed by atoms with E-state index in [2.05, 4.69) is 31.3 Å². The number of nitrogens with zero attached hydrogens (tertiary/aromatic N) is 2. The third-order valence-electron chi connectivity index (χ3n) is 5.26. The molecule has 0 saturated carbocycles. The summed E-state index contributed by atoms with van der Waals surface area (Å²) in [5.41, 5.74) is 4.71. The van der Waals surface area contributed by atoms with Gasteiger partial charge in [0.15, 0.2) is 0 Å². The van der Waals surface area contributed by atoms with E-state index in [1.165, 1.54) is 35.9 Å². The molecular formula is C26H28FN3O3S. The molecule has 0 atom stereocenters. The molecule has 3 aromatic rings. The Kier molecular flexibility index (Phi) is 7.51. The van der Waals surface area contributed by atoms with E-state index in [-0.39, 0.29) is 16.0 Å². The van der Waals surface area contributed by atoms with Crippen LogP contribution in [0.5, 0.6) is 0 Å². The minimum absolute atomic E-state index is 0.0121. The molecule has 8 heteroatoms. The predicted octanol–water partition coefficient (Wildman–Crippen LogP) is 4.86. The Bertz CT molecular complexity index is 1280. The number of hydrogen-bond acceptors (Lipinski definition) is 4. The van der Waals surface area contributed by atoms with Crippen molar-refractivity contribution in [3.8, 4) is 0 Å². The lowest BCUT2D eigenvalue weighted by Gasteiger charge is -2.24. The van der Waals surface area contributed by atoms with E-state index in [9.17, 15) is 17.6 Å². The van der Waals surface area contributed by atoms with E-state index in [0.29, 0.717) is 5.71 Å². The van der Waals surface area contributed by atoms with Gasteiger partial charge in [-0.1, -0.05) is 75.4 Å². The molecule has 0 bridgehead atoms. The van der Waals surface area contributed by atoms with Crippen molar-refractivity contribution in [3.05, 3.63) is 95.8 Å². The number of nitrogens with one attached hydrogen (secondary N) is 1. The van der Waals surface area contributed by atoms with Gasteiger partial charge < -0.3 is 0 Å². The smallest absolute Gasteiger partial charge is 0.264 e. The number of rotatable bonds is 7. The maximum atomic E-state index is 14.5. The molecule has 0 unspecified atom stereocenters. The minimum Gasteiger partial charge on any atom is -0.271 e. The van der Waals surface area contributed by atoms with Crippen molar-refractivity contribution in [2.45, 2.75) is 38.0 Å². The van der Waals surface area contributed by atoms with E-state index in [1.54, 1.807) is 25.1 Å². The molecule has 34 heavy (non-hydrogen) atoms. The van der Waals surface area contributed by atoms with Crippen LogP contribution in [0.1, 0.15) is 38.8 Å². The third kappa shape index (κ3) is 5.88. The molecule has 0 aliphatic carbocycles. The van der Waals surface area contributed by atoms with Gasteiger partial charge in [-0.25, -0.2) is 18.2 Å². The number of hydrogen-bond donors (Lipinski definition) is 1. The van der Waals surface area contributed by atoms with Crippen LogP contribution in [0.4, 0.5) is 10.1 Å². The van der Waals surface area contributed by atoms with Gasteiger partial charge in [0.2, 0.25) is 0 Å². The average Bonchev–Trinajstić information content (AvgIpc) is 2.81. The minimum atomic E-state index is -4.20. The molecule has 6 nitrogen and oxygen atoms in total. The SMILES string of the molecule is C/C(=N/NC(=O)CN(c1ccccc1F)S(=O)(=O)c1ccccc1)c1ccc(C(C)(C)C)cc1. The van der Waals surface area contributed by atoms with E-state index >= 15 is 0 Å². The largest absolute Gasteiger partial charge is 0.271 e. The number of amides is 1. The number of hydrazone groups is 1. The number of para-hydroxylation sites is 1. The molecule has 178 valence electrons. The first kappa shape index (κ1) is 25.1. The van der Waals surface area contributed by atoms with Crippen LogP contribution in [-0.2, 0) is 20.2 Å². The second-order valence-corrected chi connectivity index (χ2v) is 10.7. The highest BCUT2D eigenvalue weighted by Gasteiger charge is 2.29. The summed E-state index contributed by atoms with van der Waals surface area (Å²) < 4.78 is 41.7. The van der Waals surface area contributed by atoms with Crippen LogP contribution in [0.3, 0.4) is 0 Å². The first-order valence-electron chi connectivity index (χ1n) is 10.8. The van der Waals surface area contributed by atoms with Crippen molar-refractivity contribution < 1.29 is 17.6 Å². The molecule has 0 heterocycles. The summed E-state index contributed by atoms with van der Waals surface area (Å²) >= 11 is 0. The van der Waals surface area contributed by atoms with Crippen LogP contribution in [0.25, 0.3) is 0 Å². The molecule has 0 spiro atoms. The number of anilines is 1. The Morgan fingerprint density at radius 2 is 1.53 bits per heavy atom. The summed E-state index contributed by atoms with van der Waals surface area (Å²) in [7, 11) is -4.20. The fourth-order valence-electron chi connectivity index (χ4n) is 3.26. The maximum absolute atomic E-state index is 14.5. The first-order valence-corrected chi connectivity index (χ1v) is 12.2. The molecule has 0 aromatic heterocycles. The molecular weight excluding hydrogens is 453 g/mol. The second-order valence-electron chi connectivity index (χ2n) is 8.84. The lowest BCUT2D eigenvalue weighted by atomic mass is 9.86. The average molecular weight is 482 g/mol. The Morgan fingerprint density at radius 1 is 0.941 bits per heavy atom. The van der Waals surface area contributed by atoms with E-state index in [1.807, 2.05) is 24.3 Å². The number of carbonyl (C=O) groups excluding carboxylic acids is 1. The molecule has 0 aliphatic rings. The number of benzene rings is 3. The molecule has 0 fully saturated rings. The standard InChI is InChI=1S/C26H28FN3O3S/c1-19(20-14-16-21(17-15-20)26(2,3)4)28-29-25(31)18-30(24-13-9-8-12-23(24)27)34(32,33)22-10-6-5-7-11-22/h5-17H,18H2,1-4H3,(H,29,31)/b28-19-. The molecule has 1 N–H and O–H groups in total. The van der Waals surface area contributed by atoms with Crippen molar-refractivity contribution in [2.24, 2.45) is 5.10 Å². The molecule has 3 rings (SSSR count). The Balaban J connectivity index is 1.83. The van der Waals surface area contributed by atoms with Crippen molar-refractivity contribution in [2.75, 3.05) is 10.8 Å². The topological polar surface area (TPSA) is 78.8 Å². The van der Waals surface area contributed by atoms with Crippen molar-refractivity contribution >= 4 is 27.3 Å². The lowest BCUT2D eigenvalue weighted by Crippen LogP contribution is -2.40. The summed E-state index contributed by atoms with van der Waals surface area (Å²) in [5.74, 6) is -1.46. The van der Waals surface area contributed by atoms with Gasteiger partial charge in [0.25, 0.3) is 15.9 Å². The number of halogens is 1. The van der Waals surface area contributed by atoms with Gasteiger partial charge in [-0.05, 0) is 47.7 Å². The molecule has 3 aromatic carbocycles. The lowest BCUT2D eigenvalue weighted by molar-refractivity contribution is -0.119. The summed E-state index contributed by atoms with van der Waals surface area (Å²) in [5, 5.41) is 4.11. The summed E-state index contributed by atoms with van der Waals surface area (Å²) in [6.45, 7) is 7.45. The van der Waals surface area contributed by atoms with Crippen LogP contribution in [0.2, 0.25) is 0 Å². The van der Waals surface area contributed by atoms with E-state index < -0.39 is 28.3 Å². The van der Waals surface area contributed by atoms with E-state index in [4.69, 9.17) is 0 Å². The maximum Gasteiger partial charge on any atom is 0.264 e. The summed E-state index contributed by atoms with van der Waals surface area (Å²) in [6.07, 6.45) is 0. The third-order valence-corrected chi connectivity index (χ3v) is 7.03. The van der Waals surface area contributed by atoms with Crippen LogP contribution in [0.15, 0.2) is 88.9 Å². The van der Waals surface area contributed by atoms with Crippen LogP contribution in [-0.4, -0.2) is 26.6 Å². The summed E-state index contributed by atoms with van der Waals surface area (Å²) in [4.78, 5) is 12.6. The molecule has 1 amide bonds. The quantitative estimate of drug-likeness (QED) is 0.387. The van der Waals surface area contributed by atoms with Crippen molar-refractivity contribution in [1.82, 2.24) is 5.43 Å². The Hall–Kier alpha value is -3.52. The highest BCUT2D eigenvalue weighted by Crippen LogP contribution is 2.26. The molecule has 0 radical (unpaired) electrons. The Morgan fingerprint density at radius 3 is 2.12 bits per heavy atom. The van der Waals surface area contributed by atoms with Crippen LogP contribution in [0, 0.1) is 5.82 Å².